The number of sulfone groups is 1. The highest BCUT2D eigenvalue weighted by Gasteiger charge is 2.31. The van der Waals surface area contributed by atoms with Crippen molar-refractivity contribution in [3.8, 4) is 0 Å². The van der Waals surface area contributed by atoms with Crippen LogP contribution in [0.3, 0.4) is 0 Å². The van der Waals surface area contributed by atoms with E-state index in [2.05, 4.69) is 6.58 Å². The lowest BCUT2D eigenvalue weighted by Gasteiger charge is -2.15. The smallest absolute Gasteiger partial charge is 0.203 e. The third-order valence-corrected chi connectivity index (χ3v) is 5.35. The van der Waals surface area contributed by atoms with E-state index < -0.39 is 9.84 Å². The molecule has 0 heterocycles. The van der Waals surface area contributed by atoms with Gasteiger partial charge in [0.15, 0.2) is 0 Å². The normalized spacial score (nSPS) is 19.7. The number of rotatable bonds is 3. The van der Waals surface area contributed by atoms with Crippen molar-refractivity contribution in [2.24, 2.45) is 5.92 Å². The van der Waals surface area contributed by atoms with Crippen molar-refractivity contribution in [3.63, 3.8) is 0 Å². The summed E-state index contributed by atoms with van der Waals surface area (Å²) in [6.45, 7) is 7.75. The largest absolute Gasteiger partial charge is 0.219 e. The lowest BCUT2D eigenvalue weighted by molar-refractivity contribution is 0.594. The van der Waals surface area contributed by atoms with Gasteiger partial charge in [0.05, 0.1) is 9.80 Å². The van der Waals surface area contributed by atoms with Crippen molar-refractivity contribution in [2.45, 2.75) is 31.6 Å². The topological polar surface area (TPSA) is 34.1 Å². The molecule has 1 aliphatic carbocycles. The van der Waals surface area contributed by atoms with Gasteiger partial charge < -0.3 is 0 Å². The van der Waals surface area contributed by atoms with Crippen LogP contribution in [0.1, 0.15) is 25.3 Å². The molecule has 1 aromatic carbocycles. The Labute approximate surface area is 109 Å². The van der Waals surface area contributed by atoms with Crippen LogP contribution in [0.2, 0.25) is 0 Å². The lowest BCUT2D eigenvalue weighted by atomic mass is 10.0. The summed E-state index contributed by atoms with van der Waals surface area (Å²) in [5.41, 5.74) is 1.99. The summed E-state index contributed by atoms with van der Waals surface area (Å²) in [6.07, 6.45) is 3.52. The first kappa shape index (κ1) is 13.1. The first-order chi connectivity index (χ1) is 8.43. The van der Waals surface area contributed by atoms with Crippen LogP contribution >= 0.6 is 0 Å². The molecule has 18 heavy (non-hydrogen) atoms. The number of hydrogen-bond acceptors (Lipinski definition) is 2. The first-order valence-corrected chi connectivity index (χ1v) is 7.58. The molecule has 0 fully saturated rings. The van der Waals surface area contributed by atoms with E-state index in [4.69, 9.17) is 0 Å². The second-order valence-corrected chi connectivity index (χ2v) is 6.85. The average molecular weight is 262 g/mol. The highest BCUT2D eigenvalue weighted by Crippen LogP contribution is 2.37. The zero-order valence-corrected chi connectivity index (χ0v) is 11.6. The fourth-order valence-electron chi connectivity index (χ4n) is 2.32. The van der Waals surface area contributed by atoms with E-state index in [0.29, 0.717) is 9.80 Å². The van der Waals surface area contributed by atoms with Gasteiger partial charge in [0.25, 0.3) is 0 Å². The maximum Gasteiger partial charge on any atom is 0.203 e. The van der Waals surface area contributed by atoms with Crippen LogP contribution in [-0.2, 0) is 9.84 Å². The summed E-state index contributed by atoms with van der Waals surface area (Å²) in [5.74, 6) is -0.0173. The zero-order chi connectivity index (χ0) is 13.3. The Balaban J connectivity index is 2.43. The Morgan fingerprint density at radius 2 is 1.89 bits per heavy atom. The van der Waals surface area contributed by atoms with Crippen molar-refractivity contribution < 1.29 is 8.42 Å². The van der Waals surface area contributed by atoms with Gasteiger partial charge in [-0.25, -0.2) is 8.42 Å². The van der Waals surface area contributed by atoms with E-state index in [1.54, 1.807) is 12.1 Å². The van der Waals surface area contributed by atoms with Crippen molar-refractivity contribution in [1.82, 2.24) is 0 Å². The lowest BCUT2D eigenvalue weighted by Crippen LogP contribution is -2.11. The summed E-state index contributed by atoms with van der Waals surface area (Å²) >= 11 is 0. The van der Waals surface area contributed by atoms with Gasteiger partial charge in [-0.1, -0.05) is 35.9 Å². The predicted molar refractivity (Wildman–Crippen MR) is 74.0 cm³/mol. The molecule has 2 rings (SSSR count). The quantitative estimate of drug-likeness (QED) is 0.779. The van der Waals surface area contributed by atoms with Gasteiger partial charge in [-0.15, -0.1) is 0 Å². The molecule has 0 aromatic heterocycles. The molecule has 0 aliphatic heterocycles. The molecule has 1 unspecified atom stereocenters. The Hall–Kier alpha value is -1.35. The predicted octanol–water partition coefficient (Wildman–Crippen LogP) is 3.64. The van der Waals surface area contributed by atoms with E-state index >= 15 is 0 Å². The molecule has 0 spiro atoms. The van der Waals surface area contributed by atoms with Crippen molar-refractivity contribution >= 4 is 9.84 Å². The average Bonchev–Trinajstić information content (AvgIpc) is 2.79. The van der Waals surface area contributed by atoms with Gasteiger partial charge in [0.2, 0.25) is 9.84 Å². The fourth-order valence-corrected chi connectivity index (χ4v) is 4.11. The minimum Gasteiger partial charge on any atom is -0.219 e. The van der Waals surface area contributed by atoms with E-state index in [0.717, 1.165) is 24.0 Å². The summed E-state index contributed by atoms with van der Waals surface area (Å²) in [4.78, 5) is 0.909. The van der Waals surface area contributed by atoms with Crippen LogP contribution in [-0.4, -0.2) is 8.42 Å². The third kappa shape index (κ3) is 2.27. The van der Waals surface area contributed by atoms with Crippen LogP contribution in [0.15, 0.2) is 52.3 Å². The molecule has 0 radical (unpaired) electrons. The Bertz CT molecular complexity index is 592. The molecular weight excluding hydrogens is 244 g/mol. The van der Waals surface area contributed by atoms with E-state index in [9.17, 15) is 8.42 Å². The van der Waals surface area contributed by atoms with E-state index in [1.807, 2.05) is 32.1 Å². The van der Waals surface area contributed by atoms with Crippen molar-refractivity contribution in [1.29, 1.82) is 0 Å². The SMILES string of the molecule is C=C(C)C1CCC=C1S(=O)(=O)c1ccc(C)cc1. The van der Waals surface area contributed by atoms with Crippen molar-refractivity contribution in [2.75, 3.05) is 0 Å². The molecule has 0 amide bonds. The summed E-state index contributed by atoms with van der Waals surface area (Å²) in [5, 5.41) is 0. The van der Waals surface area contributed by atoms with Crippen LogP contribution < -0.4 is 0 Å². The minimum absolute atomic E-state index is 0.0173. The molecule has 2 nitrogen and oxygen atoms in total. The molecule has 1 atom stereocenters. The van der Waals surface area contributed by atoms with E-state index in [1.165, 1.54) is 0 Å². The standard InChI is InChI=1S/C15H18O2S/c1-11(2)14-5-4-6-15(14)18(16,17)13-9-7-12(3)8-10-13/h6-10,14H,1,4-5H2,2-3H3. The van der Waals surface area contributed by atoms with Gasteiger partial charge >= 0.3 is 0 Å². The molecular formula is C15H18O2S. The van der Waals surface area contributed by atoms with Gasteiger partial charge in [-0.2, -0.15) is 0 Å². The van der Waals surface area contributed by atoms with Crippen LogP contribution in [0.25, 0.3) is 0 Å². The van der Waals surface area contributed by atoms with Crippen LogP contribution in [0, 0.1) is 12.8 Å². The number of allylic oxidation sites excluding steroid dienone is 3. The molecule has 1 aromatic rings. The highest BCUT2D eigenvalue weighted by molar-refractivity contribution is 7.95. The molecule has 1 aliphatic rings. The van der Waals surface area contributed by atoms with Gasteiger partial charge in [0.1, 0.15) is 0 Å². The summed E-state index contributed by atoms with van der Waals surface area (Å²) in [6, 6.07) is 7.02. The molecule has 0 saturated heterocycles. The molecule has 3 heteroatoms. The monoisotopic (exact) mass is 262 g/mol. The van der Waals surface area contributed by atoms with Crippen LogP contribution in [0.4, 0.5) is 0 Å². The first-order valence-electron chi connectivity index (χ1n) is 6.10. The number of hydrogen-bond donors (Lipinski definition) is 0. The summed E-state index contributed by atoms with van der Waals surface area (Å²) < 4.78 is 25.1. The zero-order valence-electron chi connectivity index (χ0n) is 10.8. The molecule has 96 valence electrons. The van der Waals surface area contributed by atoms with Gasteiger partial charge in [-0.05, 0) is 38.8 Å². The van der Waals surface area contributed by atoms with E-state index in [-0.39, 0.29) is 5.92 Å². The molecule has 0 saturated carbocycles. The second-order valence-electron chi connectivity index (χ2n) is 4.90. The molecule has 0 N–H and O–H groups in total. The minimum atomic E-state index is -3.35. The Morgan fingerprint density at radius 3 is 2.44 bits per heavy atom. The second kappa shape index (κ2) is 4.73. The number of aryl methyl sites for hydroxylation is 1. The Kier molecular flexibility index (Phi) is 3.44. The van der Waals surface area contributed by atoms with Gasteiger partial charge in [-0.3, -0.25) is 0 Å². The maximum atomic E-state index is 12.6. The van der Waals surface area contributed by atoms with Gasteiger partial charge in [0, 0.05) is 5.92 Å². The highest BCUT2D eigenvalue weighted by atomic mass is 32.2. The fraction of sp³-hybridized carbons (Fsp3) is 0.333. The maximum absolute atomic E-state index is 12.6. The third-order valence-electron chi connectivity index (χ3n) is 3.38. The van der Waals surface area contributed by atoms with Crippen molar-refractivity contribution in [3.05, 3.63) is 53.0 Å². The summed E-state index contributed by atoms with van der Waals surface area (Å²) in [7, 11) is -3.35. The Morgan fingerprint density at radius 1 is 1.28 bits per heavy atom. The molecule has 0 bridgehead atoms. The number of benzene rings is 1. The van der Waals surface area contributed by atoms with Crippen LogP contribution in [0.5, 0.6) is 0 Å².